The first-order valence-electron chi connectivity index (χ1n) is 11.8. The fourth-order valence-corrected chi connectivity index (χ4v) is 7.67. The average Bonchev–Trinajstić information content (AvgIpc) is 3.05. The summed E-state index contributed by atoms with van der Waals surface area (Å²) in [7, 11) is 0. The summed E-state index contributed by atoms with van der Waals surface area (Å²) < 4.78 is 6.16. The Labute approximate surface area is 180 Å². The van der Waals surface area contributed by atoms with E-state index in [4.69, 9.17) is 4.74 Å². The summed E-state index contributed by atoms with van der Waals surface area (Å²) in [6.07, 6.45) is 10.5. The summed E-state index contributed by atoms with van der Waals surface area (Å²) in [5, 5.41) is 0. The highest BCUT2D eigenvalue weighted by molar-refractivity contribution is 5.91. The quantitative estimate of drug-likeness (QED) is 0.561. The van der Waals surface area contributed by atoms with Gasteiger partial charge in [0.25, 0.3) is 0 Å². The fourth-order valence-electron chi connectivity index (χ4n) is 7.67. The number of hydrogen-bond donors (Lipinski definition) is 0. The summed E-state index contributed by atoms with van der Waals surface area (Å²) in [6, 6.07) is 7.73. The SMILES string of the molecule is Cc1cccc(C(=O)OC2CC[C@H]3[C@@H]4CCC5=CC(=O)CC[C@]5(C)[C@@H]4CC[C@]23C)c1. The molecule has 0 aromatic heterocycles. The van der Waals surface area contributed by atoms with Gasteiger partial charge in [-0.15, -0.1) is 0 Å². The summed E-state index contributed by atoms with van der Waals surface area (Å²) in [5.41, 5.74) is 3.47. The summed E-state index contributed by atoms with van der Waals surface area (Å²) >= 11 is 0. The lowest BCUT2D eigenvalue weighted by atomic mass is 9.47. The van der Waals surface area contributed by atoms with Crippen LogP contribution in [0.3, 0.4) is 0 Å². The lowest BCUT2D eigenvalue weighted by molar-refractivity contribution is -0.118. The second-order valence-corrected chi connectivity index (χ2v) is 10.9. The first-order chi connectivity index (χ1) is 14.3. The molecular formula is C27H34O3. The fraction of sp³-hybridized carbons (Fsp3) is 0.630. The van der Waals surface area contributed by atoms with Crippen molar-refractivity contribution in [1.29, 1.82) is 0 Å². The van der Waals surface area contributed by atoms with Gasteiger partial charge in [0.2, 0.25) is 0 Å². The molecule has 1 aromatic carbocycles. The van der Waals surface area contributed by atoms with E-state index in [2.05, 4.69) is 13.8 Å². The first kappa shape index (κ1) is 20.0. The number of carbonyl (C=O) groups is 2. The molecule has 0 spiro atoms. The van der Waals surface area contributed by atoms with Crippen molar-refractivity contribution in [3.8, 4) is 0 Å². The summed E-state index contributed by atoms with van der Waals surface area (Å²) in [5.74, 6) is 2.16. The van der Waals surface area contributed by atoms with Crippen LogP contribution in [0.25, 0.3) is 0 Å². The maximum atomic E-state index is 12.9. The summed E-state index contributed by atoms with van der Waals surface area (Å²) in [6.45, 7) is 6.82. The van der Waals surface area contributed by atoms with E-state index in [9.17, 15) is 9.59 Å². The number of benzene rings is 1. The normalized spacial score (nSPS) is 40.1. The Balaban J connectivity index is 1.36. The molecule has 0 radical (unpaired) electrons. The van der Waals surface area contributed by atoms with E-state index in [1.807, 2.05) is 37.3 Å². The number of ketones is 1. The second kappa shape index (κ2) is 7.07. The standard InChI is InChI=1S/C27H34O3/c1-17-5-4-6-18(15-17)25(29)30-24-10-9-22-21-8-7-19-16-20(28)11-13-26(19,2)23(21)12-14-27(22,24)3/h4-6,15-16,21-24H,7-14H2,1-3H3/t21-,22-,23+,24?,26-,27-/m0/s1. The molecule has 0 bridgehead atoms. The van der Waals surface area contributed by atoms with E-state index in [0.717, 1.165) is 37.7 Å². The van der Waals surface area contributed by atoms with Crippen LogP contribution in [-0.2, 0) is 9.53 Å². The highest BCUT2D eigenvalue weighted by Gasteiger charge is 2.60. The van der Waals surface area contributed by atoms with Gasteiger partial charge in [-0.05, 0) is 93.2 Å². The molecule has 0 aliphatic heterocycles. The molecule has 3 heteroatoms. The minimum atomic E-state index is -0.167. The van der Waals surface area contributed by atoms with Crippen LogP contribution in [0.15, 0.2) is 35.9 Å². The number of esters is 1. The number of allylic oxidation sites excluding steroid dienone is 1. The van der Waals surface area contributed by atoms with Gasteiger partial charge in [0.05, 0.1) is 5.56 Å². The number of carbonyl (C=O) groups excluding carboxylic acids is 2. The average molecular weight is 407 g/mol. The highest BCUT2D eigenvalue weighted by Crippen LogP contribution is 2.65. The van der Waals surface area contributed by atoms with Crippen LogP contribution in [0, 0.1) is 35.5 Å². The molecular weight excluding hydrogens is 372 g/mol. The zero-order valence-corrected chi connectivity index (χ0v) is 18.6. The van der Waals surface area contributed by atoms with Crippen molar-refractivity contribution in [3.63, 3.8) is 0 Å². The molecule has 3 fully saturated rings. The molecule has 1 unspecified atom stereocenters. The van der Waals surface area contributed by atoms with Crippen molar-refractivity contribution in [2.45, 2.75) is 78.2 Å². The summed E-state index contributed by atoms with van der Waals surface area (Å²) in [4.78, 5) is 24.9. The number of aryl methyl sites for hydroxylation is 1. The highest BCUT2D eigenvalue weighted by atomic mass is 16.5. The molecule has 3 nitrogen and oxygen atoms in total. The van der Waals surface area contributed by atoms with Gasteiger partial charge in [-0.2, -0.15) is 0 Å². The van der Waals surface area contributed by atoms with Gasteiger partial charge in [0, 0.05) is 11.8 Å². The Hall–Kier alpha value is -1.90. The van der Waals surface area contributed by atoms with Gasteiger partial charge in [-0.1, -0.05) is 37.1 Å². The van der Waals surface area contributed by atoms with Crippen molar-refractivity contribution in [3.05, 3.63) is 47.0 Å². The molecule has 0 saturated heterocycles. The van der Waals surface area contributed by atoms with Crippen molar-refractivity contribution < 1.29 is 14.3 Å². The Morgan fingerprint density at radius 1 is 1.03 bits per heavy atom. The molecule has 0 amide bonds. The van der Waals surface area contributed by atoms with Crippen LogP contribution < -0.4 is 0 Å². The lowest BCUT2D eigenvalue weighted by Gasteiger charge is -2.57. The van der Waals surface area contributed by atoms with Crippen molar-refractivity contribution in [1.82, 2.24) is 0 Å². The molecule has 1 aromatic rings. The molecule has 4 aliphatic rings. The first-order valence-corrected chi connectivity index (χ1v) is 11.8. The Bertz CT molecular complexity index is 914. The van der Waals surface area contributed by atoms with Crippen LogP contribution in [0.1, 0.15) is 81.1 Å². The third-order valence-electron chi connectivity index (χ3n) is 9.38. The van der Waals surface area contributed by atoms with E-state index in [1.54, 1.807) is 0 Å². The van der Waals surface area contributed by atoms with Gasteiger partial charge >= 0.3 is 5.97 Å². The molecule has 6 atom stereocenters. The Kier molecular flexibility index (Phi) is 4.72. The maximum Gasteiger partial charge on any atom is 0.338 e. The molecule has 4 aliphatic carbocycles. The van der Waals surface area contributed by atoms with E-state index in [0.29, 0.717) is 35.5 Å². The third-order valence-corrected chi connectivity index (χ3v) is 9.38. The predicted octanol–water partition coefficient (Wildman–Crippen LogP) is 6.05. The minimum Gasteiger partial charge on any atom is -0.458 e. The zero-order chi connectivity index (χ0) is 21.1. The molecule has 5 rings (SSSR count). The van der Waals surface area contributed by atoms with Crippen molar-refractivity contribution >= 4 is 11.8 Å². The van der Waals surface area contributed by atoms with Gasteiger partial charge in [0.1, 0.15) is 6.10 Å². The molecule has 160 valence electrons. The van der Waals surface area contributed by atoms with Gasteiger partial charge in [-0.3, -0.25) is 4.79 Å². The van der Waals surface area contributed by atoms with Crippen LogP contribution in [-0.4, -0.2) is 17.9 Å². The topological polar surface area (TPSA) is 43.4 Å². The van der Waals surface area contributed by atoms with Gasteiger partial charge in [0.15, 0.2) is 5.78 Å². The molecule has 0 N–H and O–H groups in total. The molecule has 30 heavy (non-hydrogen) atoms. The van der Waals surface area contributed by atoms with E-state index in [-0.39, 0.29) is 22.9 Å². The smallest absolute Gasteiger partial charge is 0.338 e. The maximum absolute atomic E-state index is 12.9. The Morgan fingerprint density at radius 2 is 1.87 bits per heavy atom. The zero-order valence-electron chi connectivity index (χ0n) is 18.6. The third kappa shape index (κ3) is 2.99. The molecule has 0 heterocycles. The monoisotopic (exact) mass is 406 g/mol. The predicted molar refractivity (Wildman–Crippen MR) is 117 cm³/mol. The Morgan fingerprint density at radius 3 is 2.67 bits per heavy atom. The number of hydrogen-bond acceptors (Lipinski definition) is 3. The van der Waals surface area contributed by atoms with Crippen LogP contribution >= 0.6 is 0 Å². The lowest BCUT2D eigenvalue weighted by Crippen LogP contribution is -2.51. The number of fused-ring (bicyclic) bond motifs is 5. The van der Waals surface area contributed by atoms with E-state index < -0.39 is 0 Å². The largest absolute Gasteiger partial charge is 0.458 e. The van der Waals surface area contributed by atoms with Crippen LogP contribution in [0.5, 0.6) is 0 Å². The van der Waals surface area contributed by atoms with E-state index in [1.165, 1.54) is 18.4 Å². The minimum absolute atomic E-state index is 0.0224. The number of rotatable bonds is 2. The van der Waals surface area contributed by atoms with E-state index >= 15 is 0 Å². The van der Waals surface area contributed by atoms with Gasteiger partial charge in [-0.25, -0.2) is 4.79 Å². The van der Waals surface area contributed by atoms with Gasteiger partial charge < -0.3 is 4.74 Å². The second-order valence-electron chi connectivity index (χ2n) is 10.9. The number of ether oxygens (including phenoxy) is 1. The van der Waals surface area contributed by atoms with Crippen LogP contribution in [0.4, 0.5) is 0 Å². The van der Waals surface area contributed by atoms with Crippen molar-refractivity contribution in [2.24, 2.45) is 28.6 Å². The van der Waals surface area contributed by atoms with Crippen LogP contribution in [0.2, 0.25) is 0 Å². The molecule has 3 saturated carbocycles. The van der Waals surface area contributed by atoms with Crippen molar-refractivity contribution in [2.75, 3.05) is 0 Å².